The Morgan fingerprint density at radius 3 is 2.27 bits per heavy atom. The number of aliphatic hydroxyl groups is 1. The van der Waals surface area contributed by atoms with Gasteiger partial charge in [0.25, 0.3) is 0 Å². The SMILES string of the molecule is CCN(C)C(=O)C(C)(C)CO. The van der Waals surface area contributed by atoms with Gasteiger partial charge in [0.15, 0.2) is 0 Å². The Bertz CT molecular complexity index is 143. The molecule has 0 aromatic rings. The molecule has 0 aromatic carbocycles. The lowest BCUT2D eigenvalue weighted by molar-refractivity contribution is -0.140. The van der Waals surface area contributed by atoms with Crippen molar-refractivity contribution in [3.05, 3.63) is 0 Å². The summed E-state index contributed by atoms with van der Waals surface area (Å²) in [6, 6.07) is 0. The van der Waals surface area contributed by atoms with Crippen LogP contribution in [0, 0.1) is 5.41 Å². The zero-order valence-electron chi connectivity index (χ0n) is 7.72. The van der Waals surface area contributed by atoms with Crippen molar-refractivity contribution < 1.29 is 9.90 Å². The van der Waals surface area contributed by atoms with Crippen molar-refractivity contribution in [3.63, 3.8) is 0 Å². The molecule has 0 aliphatic carbocycles. The fourth-order valence-corrected chi connectivity index (χ4v) is 0.728. The maximum absolute atomic E-state index is 11.4. The van der Waals surface area contributed by atoms with E-state index in [-0.39, 0.29) is 12.5 Å². The highest BCUT2D eigenvalue weighted by Crippen LogP contribution is 2.16. The summed E-state index contributed by atoms with van der Waals surface area (Å²) in [6.45, 7) is 5.97. The van der Waals surface area contributed by atoms with E-state index in [9.17, 15) is 4.79 Å². The topological polar surface area (TPSA) is 40.5 Å². The average molecular weight is 159 g/mol. The minimum atomic E-state index is -0.634. The highest BCUT2D eigenvalue weighted by Gasteiger charge is 2.28. The average Bonchev–Trinajstić information content (AvgIpc) is 2.01. The number of nitrogens with zero attached hydrogens (tertiary/aromatic N) is 1. The Labute approximate surface area is 68.0 Å². The van der Waals surface area contributed by atoms with E-state index in [1.807, 2.05) is 6.92 Å². The van der Waals surface area contributed by atoms with Crippen LogP contribution in [-0.4, -0.2) is 36.1 Å². The Morgan fingerprint density at radius 2 is 2.00 bits per heavy atom. The molecule has 0 saturated carbocycles. The van der Waals surface area contributed by atoms with Crippen molar-refractivity contribution in [1.29, 1.82) is 0 Å². The van der Waals surface area contributed by atoms with E-state index in [1.165, 1.54) is 0 Å². The molecule has 0 aliphatic rings. The van der Waals surface area contributed by atoms with Gasteiger partial charge in [-0.25, -0.2) is 0 Å². The Morgan fingerprint density at radius 1 is 1.55 bits per heavy atom. The van der Waals surface area contributed by atoms with Gasteiger partial charge in [0.05, 0.1) is 12.0 Å². The second-order valence-corrected chi connectivity index (χ2v) is 3.36. The zero-order valence-corrected chi connectivity index (χ0v) is 7.72. The second-order valence-electron chi connectivity index (χ2n) is 3.36. The predicted octanol–water partition coefficient (Wildman–Crippen LogP) is 0.483. The summed E-state index contributed by atoms with van der Waals surface area (Å²) in [5, 5.41) is 8.86. The minimum Gasteiger partial charge on any atom is -0.395 e. The molecule has 0 atom stereocenters. The largest absolute Gasteiger partial charge is 0.395 e. The van der Waals surface area contributed by atoms with Crippen LogP contribution in [0.4, 0.5) is 0 Å². The summed E-state index contributed by atoms with van der Waals surface area (Å²) >= 11 is 0. The van der Waals surface area contributed by atoms with Crippen molar-refractivity contribution in [2.24, 2.45) is 5.41 Å². The van der Waals surface area contributed by atoms with Crippen molar-refractivity contribution in [3.8, 4) is 0 Å². The van der Waals surface area contributed by atoms with E-state index < -0.39 is 5.41 Å². The monoisotopic (exact) mass is 159 g/mol. The van der Waals surface area contributed by atoms with Crippen LogP contribution < -0.4 is 0 Å². The molecular formula is C8H17NO2. The molecule has 0 heterocycles. The van der Waals surface area contributed by atoms with E-state index in [4.69, 9.17) is 5.11 Å². The number of hydrogen-bond donors (Lipinski definition) is 1. The smallest absolute Gasteiger partial charge is 0.230 e. The zero-order chi connectivity index (χ0) is 9.07. The molecule has 0 aliphatic heterocycles. The molecule has 0 fully saturated rings. The molecular weight excluding hydrogens is 142 g/mol. The molecule has 0 spiro atoms. The fourth-order valence-electron chi connectivity index (χ4n) is 0.728. The molecule has 1 amide bonds. The first-order valence-electron chi connectivity index (χ1n) is 3.82. The summed E-state index contributed by atoms with van der Waals surface area (Å²) in [5.74, 6) is -0.0116. The third-order valence-electron chi connectivity index (χ3n) is 1.80. The molecule has 66 valence electrons. The van der Waals surface area contributed by atoms with Crippen LogP contribution in [-0.2, 0) is 4.79 Å². The third-order valence-corrected chi connectivity index (χ3v) is 1.80. The summed E-state index contributed by atoms with van der Waals surface area (Å²) in [6.07, 6.45) is 0. The van der Waals surface area contributed by atoms with E-state index in [0.717, 1.165) is 0 Å². The number of rotatable bonds is 3. The molecule has 0 bridgehead atoms. The maximum Gasteiger partial charge on any atom is 0.230 e. The molecule has 0 rings (SSSR count). The molecule has 0 aromatic heterocycles. The first-order valence-corrected chi connectivity index (χ1v) is 3.82. The predicted molar refractivity (Wildman–Crippen MR) is 44.2 cm³/mol. The van der Waals surface area contributed by atoms with Crippen molar-refractivity contribution in [2.45, 2.75) is 20.8 Å². The van der Waals surface area contributed by atoms with Gasteiger partial charge in [-0.2, -0.15) is 0 Å². The molecule has 11 heavy (non-hydrogen) atoms. The molecule has 0 unspecified atom stereocenters. The van der Waals surface area contributed by atoms with Gasteiger partial charge >= 0.3 is 0 Å². The van der Waals surface area contributed by atoms with Gasteiger partial charge in [-0.1, -0.05) is 0 Å². The number of hydrogen-bond acceptors (Lipinski definition) is 2. The van der Waals surface area contributed by atoms with Gasteiger partial charge in [0, 0.05) is 13.6 Å². The van der Waals surface area contributed by atoms with Gasteiger partial charge in [-0.15, -0.1) is 0 Å². The molecule has 3 nitrogen and oxygen atoms in total. The van der Waals surface area contributed by atoms with Gasteiger partial charge in [0.2, 0.25) is 5.91 Å². The standard InChI is InChI=1S/C8H17NO2/c1-5-9(4)7(11)8(2,3)6-10/h10H,5-6H2,1-4H3. The molecule has 0 radical (unpaired) electrons. The number of carbonyl (C=O) groups is 1. The molecule has 0 saturated heterocycles. The van der Waals surface area contributed by atoms with Gasteiger partial charge in [-0.3, -0.25) is 4.79 Å². The molecule has 3 heteroatoms. The van der Waals surface area contributed by atoms with E-state index in [0.29, 0.717) is 6.54 Å². The lowest BCUT2D eigenvalue weighted by Gasteiger charge is -2.26. The van der Waals surface area contributed by atoms with Gasteiger partial charge < -0.3 is 10.0 Å². The summed E-state index contributed by atoms with van der Waals surface area (Å²) < 4.78 is 0. The van der Waals surface area contributed by atoms with Crippen LogP contribution in [0.2, 0.25) is 0 Å². The summed E-state index contributed by atoms with van der Waals surface area (Å²) in [4.78, 5) is 13.0. The van der Waals surface area contributed by atoms with Crippen LogP contribution in [0.1, 0.15) is 20.8 Å². The highest BCUT2D eigenvalue weighted by atomic mass is 16.3. The number of carbonyl (C=O) groups excluding carboxylic acids is 1. The van der Waals surface area contributed by atoms with Gasteiger partial charge in [-0.05, 0) is 20.8 Å². The quantitative estimate of drug-likeness (QED) is 0.650. The maximum atomic E-state index is 11.4. The minimum absolute atomic E-state index is 0.0116. The summed E-state index contributed by atoms with van der Waals surface area (Å²) in [5.41, 5.74) is -0.634. The normalized spacial score (nSPS) is 11.4. The van der Waals surface area contributed by atoms with E-state index in [1.54, 1.807) is 25.8 Å². The Balaban J connectivity index is 4.23. The Hall–Kier alpha value is -0.570. The van der Waals surface area contributed by atoms with Crippen LogP contribution >= 0.6 is 0 Å². The molecule has 1 N–H and O–H groups in total. The van der Waals surface area contributed by atoms with Crippen molar-refractivity contribution in [1.82, 2.24) is 4.90 Å². The Kier molecular flexibility index (Phi) is 3.52. The van der Waals surface area contributed by atoms with Crippen LogP contribution in [0.3, 0.4) is 0 Å². The van der Waals surface area contributed by atoms with Gasteiger partial charge in [0.1, 0.15) is 0 Å². The number of amides is 1. The first-order chi connectivity index (χ1) is 4.95. The van der Waals surface area contributed by atoms with Crippen molar-refractivity contribution in [2.75, 3.05) is 20.2 Å². The van der Waals surface area contributed by atoms with E-state index >= 15 is 0 Å². The lowest BCUT2D eigenvalue weighted by Crippen LogP contribution is -2.40. The fraction of sp³-hybridized carbons (Fsp3) is 0.875. The highest BCUT2D eigenvalue weighted by molar-refractivity contribution is 5.81. The third kappa shape index (κ3) is 2.50. The lowest BCUT2D eigenvalue weighted by atomic mass is 9.93. The van der Waals surface area contributed by atoms with Crippen molar-refractivity contribution >= 4 is 5.91 Å². The number of aliphatic hydroxyl groups excluding tert-OH is 1. The second kappa shape index (κ2) is 3.72. The first kappa shape index (κ1) is 10.4. The van der Waals surface area contributed by atoms with Crippen LogP contribution in [0.25, 0.3) is 0 Å². The summed E-state index contributed by atoms with van der Waals surface area (Å²) in [7, 11) is 1.74. The van der Waals surface area contributed by atoms with E-state index in [2.05, 4.69) is 0 Å². The van der Waals surface area contributed by atoms with Crippen LogP contribution in [0.15, 0.2) is 0 Å². The van der Waals surface area contributed by atoms with Crippen LogP contribution in [0.5, 0.6) is 0 Å².